The van der Waals surface area contributed by atoms with Crippen LogP contribution in [0.15, 0.2) is 30.9 Å². The first-order chi connectivity index (χ1) is 7.63. The van der Waals surface area contributed by atoms with Crippen molar-refractivity contribution in [2.45, 2.75) is 37.6 Å². The Bertz CT molecular complexity index is 398. The molecule has 0 saturated heterocycles. The predicted molar refractivity (Wildman–Crippen MR) is 69.2 cm³/mol. The minimum absolute atomic E-state index is 0.0739. The standard InChI is InChI=1S/C14H20N2/c1-2-7-14(16)8-5-11-3-4-13(15)10-12(11)6-9-14/h2-4,10H,1,5-9,15-16H2. The summed E-state index contributed by atoms with van der Waals surface area (Å²) in [5.41, 5.74) is 15.8. The maximum atomic E-state index is 6.38. The highest BCUT2D eigenvalue weighted by molar-refractivity contribution is 5.45. The molecule has 0 aromatic heterocycles. The van der Waals surface area contributed by atoms with Crippen LogP contribution < -0.4 is 11.5 Å². The van der Waals surface area contributed by atoms with Gasteiger partial charge in [0.1, 0.15) is 0 Å². The molecule has 1 aliphatic rings. The first-order valence-electron chi connectivity index (χ1n) is 5.90. The van der Waals surface area contributed by atoms with Gasteiger partial charge in [0.15, 0.2) is 0 Å². The van der Waals surface area contributed by atoms with Crippen LogP contribution in [-0.4, -0.2) is 5.54 Å². The Balaban J connectivity index is 2.21. The number of hydrogen-bond donors (Lipinski definition) is 2. The van der Waals surface area contributed by atoms with Gasteiger partial charge in [-0.25, -0.2) is 0 Å². The van der Waals surface area contributed by atoms with Gasteiger partial charge in [0.05, 0.1) is 0 Å². The van der Waals surface area contributed by atoms with Crippen LogP contribution in [0.25, 0.3) is 0 Å². The van der Waals surface area contributed by atoms with Gasteiger partial charge in [0.25, 0.3) is 0 Å². The summed E-state index contributed by atoms with van der Waals surface area (Å²) in [6, 6.07) is 6.22. The van der Waals surface area contributed by atoms with E-state index < -0.39 is 0 Å². The lowest BCUT2D eigenvalue weighted by atomic mass is 9.87. The Labute approximate surface area is 97.3 Å². The van der Waals surface area contributed by atoms with Gasteiger partial charge in [-0.15, -0.1) is 6.58 Å². The summed E-state index contributed by atoms with van der Waals surface area (Å²) in [5.74, 6) is 0. The number of rotatable bonds is 2. The number of benzene rings is 1. The van der Waals surface area contributed by atoms with Crippen molar-refractivity contribution < 1.29 is 0 Å². The lowest BCUT2D eigenvalue weighted by Crippen LogP contribution is -2.39. The number of aryl methyl sites for hydroxylation is 2. The topological polar surface area (TPSA) is 52.0 Å². The van der Waals surface area contributed by atoms with Crippen molar-refractivity contribution in [1.82, 2.24) is 0 Å². The van der Waals surface area contributed by atoms with Crippen molar-refractivity contribution >= 4 is 5.69 Å². The molecule has 0 radical (unpaired) electrons. The third kappa shape index (κ3) is 2.27. The van der Waals surface area contributed by atoms with Crippen LogP contribution >= 0.6 is 0 Å². The highest BCUT2D eigenvalue weighted by atomic mass is 14.7. The number of nitrogen functional groups attached to an aromatic ring is 1. The van der Waals surface area contributed by atoms with E-state index in [9.17, 15) is 0 Å². The Kier molecular flexibility index (Phi) is 3.01. The Morgan fingerprint density at radius 3 is 2.62 bits per heavy atom. The zero-order valence-corrected chi connectivity index (χ0v) is 9.71. The van der Waals surface area contributed by atoms with Crippen LogP contribution in [0.5, 0.6) is 0 Å². The molecule has 1 aliphatic carbocycles. The van der Waals surface area contributed by atoms with Gasteiger partial charge in [-0.2, -0.15) is 0 Å². The summed E-state index contributed by atoms with van der Waals surface area (Å²) in [4.78, 5) is 0. The normalized spacial score (nSPS) is 24.6. The largest absolute Gasteiger partial charge is 0.399 e. The zero-order chi connectivity index (χ0) is 11.6. The predicted octanol–water partition coefficient (Wildman–Crippen LogP) is 2.42. The molecular formula is C14H20N2. The van der Waals surface area contributed by atoms with E-state index in [0.29, 0.717) is 0 Å². The number of nitrogens with two attached hydrogens (primary N) is 2. The van der Waals surface area contributed by atoms with E-state index in [1.807, 2.05) is 12.1 Å². The van der Waals surface area contributed by atoms with Gasteiger partial charge in [-0.05, 0) is 55.4 Å². The van der Waals surface area contributed by atoms with E-state index in [2.05, 4.69) is 18.7 Å². The Morgan fingerprint density at radius 2 is 1.94 bits per heavy atom. The molecule has 0 spiro atoms. The van der Waals surface area contributed by atoms with Gasteiger partial charge in [0.2, 0.25) is 0 Å². The summed E-state index contributed by atoms with van der Waals surface area (Å²) in [6.07, 6.45) is 6.98. The minimum atomic E-state index is -0.0739. The van der Waals surface area contributed by atoms with E-state index in [-0.39, 0.29) is 5.54 Å². The molecule has 2 rings (SSSR count). The molecule has 86 valence electrons. The lowest BCUT2D eigenvalue weighted by molar-refractivity contribution is 0.379. The van der Waals surface area contributed by atoms with Gasteiger partial charge in [-0.1, -0.05) is 12.1 Å². The smallest absolute Gasteiger partial charge is 0.0316 e. The van der Waals surface area contributed by atoms with Crippen LogP contribution in [-0.2, 0) is 12.8 Å². The Hall–Kier alpha value is -1.28. The van der Waals surface area contributed by atoms with Crippen molar-refractivity contribution in [2.75, 3.05) is 5.73 Å². The van der Waals surface area contributed by atoms with Gasteiger partial charge >= 0.3 is 0 Å². The third-order valence-corrected chi connectivity index (χ3v) is 3.57. The number of fused-ring (bicyclic) bond motifs is 1. The molecular weight excluding hydrogens is 196 g/mol. The van der Waals surface area contributed by atoms with Gasteiger partial charge < -0.3 is 11.5 Å². The van der Waals surface area contributed by atoms with Crippen LogP contribution in [0.1, 0.15) is 30.4 Å². The molecule has 0 saturated carbocycles. The maximum absolute atomic E-state index is 6.38. The van der Waals surface area contributed by atoms with Crippen molar-refractivity contribution in [3.63, 3.8) is 0 Å². The fourth-order valence-electron chi connectivity index (χ4n) is 2.51. The van der Waals surface area contributed by atoms with Crippen molar-refractivity contribution in [1.29, 1.82) is 0 Å². The molecule has 2 heteroatoms. The molecule has 0 bridgehead atoms. The van der Waals surface area contributed by atoms with Crippen molar-refractivity contribution in [3.8, 4) is 0 Å². The van der Waals surface area contributed by atoms with Crippen LogP contribution in [0, 0.1) is 0 Å². The van der Waals surface area contributed by atoms with Crippen LogP contribution in [0.3, 0.4) is 0 Å². The summed E-state index contributed by atoms with van der Waals surface area (Å²) in [5, 5.41) is 0. The summed E-state index contributed by atoms with van der Waals surface area (Å²) >= 11 is 0. The van der Waals surface area contributed by atoms with Crippen LogP contribution in [0.2, 0.25) is 0 Å². The van der Waals surface area contributed by atoms with Crippen LogP contribution in [0.4, 0.5) is 5.69 Å². The quantitative estimate of drug-likeness (QED) is 0.453. The molecule has 1 unspecified atom stereocenters. The second-order valence-electron chi connectivity index (χ2n) is 4.88. The molecule has 0 amide bonds. The highest BCUT2D eigenvalue weighted by Gasteiger charge is 2.26. The molecule has 1 aromatic carbocycles. The fourth-order valence-corrected chi connectivity index (χ4v) is 2.51. The molecule has 0 aliphatic heterocycles. The lowest BCUT2D eigenvalue weighted by Gasteiger charge is -2.26. The summed E-state index contributed by atoms with van der Waals surface area (Å²) < 4.78 is 0. The first kappa shape index (κ1) is 11.2. The molecule has 4 N–H and O–H groups in total. The van der Waals surface area contributed by atoms with E-state index in [4.69, 9.17) is 11.5 Å². The SMILES string of the molecule is C=CCC1(N)CCc2ccc(N)cc2CC1. The van der Waals surface area contributed by atoms with E-state index in [1.54, 1.807) is 0 Å². The minimum Gasteiger partial charge on any atom is -0.399 e. The molecule has 0 heterocycles. The molecule has 2 nitrogen and oxygen atoms in total. The van der Waals surface area contributed by atoms with E-state index >= 15 is 0 Å². The third-order valence-electron chi connectivity index (χ3n) is 3.57. The average Bonchev–Trinajstić information content (AvgIpc) is 2.40. The maximum Gasteiger partial charge on any atom is 0.0316 e. The summed E-state index contributed by atoms with van der Waals surface area (Å²) in [6.45, 7) is 3.79. The number of anilines is 1. The first-order valence-corrected chi connectivity index (χ1v) is 5.90. The fraction of sp³-hybridized carbons (Fsp3) is 0.429. The van der Waals surface area contributed by atoms with E-state index in [1.165, 1.54) is 11.1 Å². The highest BCUT2D eigenvalue weighted by Crippen LogP contribution is 2.29. The Morgan fingerprint density at radius 1 is 1.25 bits per heavy atom. The van der Waals surface area contributed by atoms with Crippen molar-refractivity contribution in [3.05, 3.63) is 42.0 Å². The monoisotopic (exact) mass is 216 g/mol. The second kappa shape index (κ2) is 4.30. The molecule has 1 atom stereocenters. The van der Waals surface area contributed by atoms with E-state index in [0.717, 1.165) is 37.8 Å². The van der Waals surface area contributed by atoms with Gasteiger partial charge in [-0.3, -0.25) is 0 Å². The number of hydrogen-bond acceptors (Lipinski definition) is 2. The molecule has 16 heavy (non-hydrogen) atoms. The zero-order valence-electron chi connectivity index (χ0n) is 9.71. The molecule has 0 fully saturated rings. The van der Waals surface area contributed by atoms with Crippen molar-refractivity contribution in [2.24, 2.45) is 5.73 Å². The second-order valence-corrected chi connectivity index (χ2v) is 4.88. The molecule has 1 aromatic rings. The summed E-state index contributed by atoms with van der Waals surface area (Å²) in [7, 11) is 0. The average molecular weight is 216 g/mol. The van der Waals surface area contributed by atoms with Gasteiger partial charge in [0, 0.05) is 11.2 Å².